The van der Waals surface area contributed by atoms with Gasteiger partial charge in [0, 0.05) is 30.3 Å². The highest BCUT2D eigenvalue weighted by atomic mass is 32.2. The Morgan fingerprint density at radius 1 is 1.17 bits per heavy atom. The Balaban J connectivity index is 3.07. The molecule has 1 heterocycles. The first-order chi connectivity index (χ1) is 8.40. The summed E-state index contributed by atoms with van der Waals surface area (Å²) in [6.07, 6.45) is 2.11. The van der Waals surface area contributed by atoms with Crippen LogP contribution in [0.3, 0.4) is 0 Å². The monoisotopic (exact) mass is 268 g/mol. The molecule has 1 aromatic rings. The predicted molar refractivity (Wildman–Crippen MR) is 81.9 cm³/mol. The van der Waals surface area contributed by atoms with Crippen LogP contribution in [0.2, 0.25) is 0 Å². The van der Waals surface area contributed by atoms with Crippen LogP contribution >= 0.6 is 11.8 Å². The average Bonchev–Trinajstić information content (AvgIpc) is 2.30. The second kappa shape index (κ2) is 6.27. The minimum absolute atomic E-state index is 0.0464. The van der Waals surface area contributed by atoms with Crippen molar-refractivity contribution < 1.29 is 0 Å². The summed E-state index contributed by atoms with van der Waals surface area (Å²) in [6, 6.07) is 0. The van der Waals surface area contributed by atoms with Crippen molar-refractivity contribution in [3.05, 3.63) is 11.4 Å². The van der Waals surface area contributed by atoms with Crippen LogP contribution in [-0.2, 0) is 5.41 Å². The van der Waals surface area contributed by atoms with Gasteiger partial charge in [0.1, 0.15) is 17.5 Å². The van der Waals surface area contributed by atoms with Gasteiger partial charge >= 0.3 is 0 Å². The fourth-order valence-electron chi connectivity index (χ4n) is 1.54. The molecule has 0 aliphatic rings. The molecule has 18 heavy (non-hydrogen) atoms. The quantitative estimate of drug-likeness (QED) is 0.804. The van der Waals surface area contributed by atoms with Gasteiger partial charge in [-0.05, 0) is 13.2 Å². The van der Waals surface area contributed by atoms with E-state index in [1.54, 1.807) is 0 Å². The van der Waals surface area contributed by atoms with Gasteiger partial charge in [-0.15, -0.1) is 0 Å². The zero-order chi connectivity index (χ0) is 13.8. The summed E-state index contributed by atoms with van der Waals surface area (Å²) in [5, 5.41) is 6.53. The topological polar surface area (TPSA) is 49.8 Å². The lowest BCUT2D eigenvalue weighted by Gasteiger charge is -2.20. The number of anilines is 2. The van der Waals surface area contributed by atoms with Gasteiger partial charge in [-0.3, -0.25) is 0 Å². The van der Waals surface area contributed by atoms with E-state index in [2.05, 4.69) is 47.6 Å². The van der Waals surface area contributed by atoms with E-state index >= 15 is 0 Å². The van der Waals surface area contributed by atoms with Crippen LogP contribution in [0.4, 0.5) is 11.6 Å². The van der Waals surface area contributed by atoms with Crippen molar-refractivity contribution in [2.45, 2.75) is 33.1 Å². The summed E-state index contributed by atoms with van der Waals surface area (Å²) in [7, 11) is 1.90. The molecule has 5 heteroatoms. The smallest absolute Gasteiger partial charge is 0.138 e. The summed E-state index contributed by atoms with van der Waals surface area (Å²) in [6.45, 7) is 9.35. The molecule has 0 saturated heterocycles. The largest absolute Gasteiger partial charge is 0.373 e. The Morgan fingerprint density at radius 2 is 1.78 bits per heavy atom. The van der Waals surface area contributed by atoms with Crippen LogP contribution in [0.15, 0.2) is 0 Å². The first kappa shape index (κ1) is 15.1. The Morgan fingerprint density at radius 3 is 2.28 bits per heavy atom. The van der Waals surface area contributed by atoms with Gasteiger partial charge in [0.25, 0.3) is 0 Å². The molecule has 0 spiro atoms. The van der Waals surface area contributed by atoms with E-state index in [1.165, 1.54) is 0 Å². The molecule has 0 aromatic carbocycles. The summed E-state index contributed by atoms with van der Waals surface area (Å²) in [5.41, 5.74) is 1.03. The first-order valence-corrected chi connectivity index (χ1v) is 7.59. The van der Waals surface area contributed by atoms with Gasteiger partial charge in [-0.1, -0.05) is 20.8 Å². The standard InChI is InChI=1S/C13H24N4S/c1-9-10(14-5)16-12(13(2,3)4)17-11(9)15-7-8-18-6/h7-8H2,1-6H3,(H2,14,15,16,17). The molecule has 0 bridgehead atoms. The van der Waals surface area contributed by atoms with E-state index in [0.717, 1.165) is 35.3 Å². The Labute approximate surface area is 114 Å². The van der Waals surface area contributed by atoms with Crippen LogP contribution in [0.5, 0.6) is 0 Å². The second-order valence-corrected chi connectivity index (χ2v) is 6.27. The summed E-state index contributed by atoms with van der Waals surface area (Å²) >= 11 is 1.82. The van der Waals surface area contributed by atoms with Crippen LogP contribution < -0.4 is 10.6 Å². The van der Waals surface area contributed by atoms with Crippen molar-refractivity contribution >= 4 is 23.4 Å². The third-order valence-corrected chi connectivity index (χ3v) is 3.26. The molecule has 0 radical (unpaired) electrons. The summed E-state index contributed by atoms with van der Waals surface area (Å²) in [4.78, 5) is 9.24. The number of aromatic nitrogens is 2. The van der Waals surface area contributed by atoms with Gasteiger partial charge < -0.3 is 10.6 Å². The molecule has 0 aliphatic heterocycles. The SMILES string of the molecule is CNc1nc(C(C)(C)C)nc(NCCSC)c1C. The maximum absolute atomic E-state index is 4.65. The van der Waals surface area contributed by atoms with Crippen molar-refractivity contribution in [3.63, 3.8) is 0 Å². The van der Waals surface area contributed by atoms with Crippen LogP contribution in [0, 0.1) is 6.92 Å². The van der Waals surface area contributed by atoms with Gasteiger partial charge in [-0.25, -0.2) is 9.97 Å². The van der Waals surface area contributed by atoms with Crippen molar-refractivity contribution in [1.29, 1.82) is 0 Å². The first-order valence-electron chi connectivity index (χ1n) is 6.19. The van der Waals surface area contributed by atoms with E-state index in [9.17, 15) is 0 Å². The zero-order valence-electron chi connectivity index (χ0n) is 12.2. The molecular weight excluding hydrogens is 244 g/mol. The summed E-state index contributed by atoms with van der Waals surface area (Å²) < 4.78 is 0. The number of nitrogens with zero attached hydrogens (tertiary/aromatic N) is 2. The highest BCUT2D eigenvalue weighted by molar-refractivity contribution is 7.98. The second-order valence-electron chi connectivity index (χ2n) is 5.29. The minimum atomic E-state index is -0.0464. The molecule has 4 nitrogen and oxygen atoms in total. The van der Waals surface area contributed by atoms with E-state index < -0.39 is 0 Å². The van der Waals surface area contributed by atoms with Crippen LogP contribution in [0.1, 0.15) is 32.2 Å². The average molecular weight is 268 g/mol. The number of hydrogen-bond donors (Lipinski definition) is 2. The molecular formula is C13H24N4S. The predicted octanol–water partition coefficient (Wildman–Crippen LogP) is 2.90. The van der Waals surface area contributed by atoms with Gasteiger partial charge in [0.2, 0.25) is 0 Å². The van der Waals surface area contributed by atoms with Crippen molar-refractivity contribution in [3.8, 4) is 0 Å². The highest BCUT2D eigenvalue weighted by Crippen LogP contribution is 2.25. The van der Waals surface area contributed by atoms with E-state index in [0.29, 0.717) is 0 Å². The Bertz CT molecular complexity index is 399. The van der Waals surface area contributed by atoms with E-state index in [1.807, 2.05) is 25.7 Å². The lowest BCUT2D eigenvalue weighted by atomic mass is 9.95. The Hall–Kier alpha value is -0.970. The fourth-order valence-corrected chi connectivity index (χ4v) is 1.85. The van der Waals surface area contributed by atoms with Crippen molar-refractivity contribution in [2.75, 3.05) is 36.2 Å². The lowest BCUT2D eigenvalue weighted by molar-refractivity contribution is 0.546. The van der Waals surface area contributed by atoms with E-state index in [4.69, 9.17) is 0 Å². The van der Waals surface area contributed by atoms with Gasteiger partial charge in [0.05, 0.1) is 0 Å². The van der Waals surface area contributed by atoms with E-state index in [-0.39, 0.29) is 5.41 Å². The third-order valence-electron chi connectivity index (χ3n) is 2.65. The maximum atomic E-state index is 4.65. The number of rotatable bonds is 5. The lowest BCUT2D eigenvalue weighted by Crippen LogP contribution is -2.20. The molecule has 0 atom stereocenters. The van der Waals surface area contributed by atoms with Gasteiger partial charge in [0.15, 0.2) is 0 Å². The number of nitrogens with one attached hydrogen (secondary N) is 2. The molecule has 1 aromatic heterocycles. The Kier molecular flexibility index (Phi) is 5.26. The molecule has 0 fully saturated rings. The third kappa shape index (κ3) is 3.77. The molecule has 0 unspecified atom stereocenters. The molecule has 102 valence electrons. The van der Waals surface area contributed by atoms with Crippen molar-refractivity contribution in [1.82, 2.24) is 9.97 Å². The minimum Gasteiger partial charge on any atom is -0.373 e. The number of hydrogen-bond acceptors (Lipinski definition) is 5. The highest BCUT2D eigenvalue weighted by Gasteiger charge is 2.20. The molecule has 0 amide bonds. The number of thioether (sulfide) groups is 1. The van der Waals surface area contributed by atoms with Gasteiger partial charge in [-0.2, -0.15) is 11.8 Å². The zero-order valence-corrected chi connectivity index (χ0v) is 13.0. The van der Waals surface area contributed by atoms with Crippen LogP contribution in [-0.4, -0.2) is 35.6 Å². The normalized spacial score (nSPS) is 11.4. The summed E-state index contributed by atoms with van der Waals surface area (Å²) in [5.74, 6) is 3.78. The molecule has 1 rings (SSSR count). The van der Waals surface area contributed by atoms with Crippen LogP contribution in [0.25, 0.3) is 0 Å². The fraction of sp³-hybridized carbons (Fsp3) is 0.692. The van der Waals surface area contributed by atoms with Crippen molar-refractivity contribution in [2.24, 2.45) is 0 Å². The molecule has 0 saturated carbocycles. The maximum Gasteiger partial charge on any atom is 0.138 e. The molecule has 2 N–H and O–H groups in total. The molecule has 0 aliphatic carbocycles.